The lowest BCUT2D eigenvalue weighted by Crippen LogP contribution is -2.28. The second-order valence-electron chi connectivity index (χ2n) is 4.50. The van der Waals surface area contributed by atoms with Crippen LogP contribution in [0.25, 0.3) is 0 Å². The zero-order chi connectivity index (χ0) is 15.2. The van der Waals surface area contributed by atoms with Crippen molar-refractivity contribution in [2.75, 3.05) is 46.1 Å². The molecular formula is C12H20BrN3O3S. The predicted molar refractivity (Wildman–Crippen MR) is 83.1 cm³/mol. The van der Waals surface area contributed by atoms with Crippen molar-refractivity contribution in [3.8, 4) is 0 Å². The Morgan fingerprint density at radius 2 is 2.05 bits per heavy atom. The Kier molecular flexibility index (Phi) is 6.90. The normalized spacial score (nSPS) is 12.0. The highest BCUT2D eigenvalue weighted by atomic mass is 79.9. The monoisotopic (exact) mass is 365 g/mol. The summed E-state index contributed by atoms with van der Waals surface area (Å²) in [6.07, 6.45) is 0. The van der Waals surface area contributed by atoms with Crippen LogP contribution in [-0.4, -0.2) is 53.7 Å². The van der Waals surface area contributed by atoms with Gasteiger partial charge in [-0.15, -0.1) is 0 Å². The van der Waals surface area contributed by atoms with E-state index in [1.165, 1.54) is 6.07 Å². The molecule has 0 atom stereocenters. The summed E-state index contributed by atoms with van der Waals surface area (Å²) in [5.74, 6) is 0. The number of sulfonamides is 1. The topological polar surface area (TPSA) is 84.7 Å². The van der Waals surface area contributed by atoms with Crippen molar-refractivity contribution < 1.29 is 13.2 Å². The highest BCUT2D eigenvalue weighted by Gasteiger charge is 2.16. The fraction of sp³-hybridized carbons (Fsp3) is 0.500. The number of hydrogen-bond donors (Lipinski definition) is 2. The predicted octanol–water partition coefficient (Wildman–Crippen LogP) is 0.888. The molecule has 0 aliphatic carbocycles. The van der Waals surface area contributed by atoms with Crippen molar-refractivity contribution in [2.45, 2.75) is 4.90 Å². The van der Waals surface area contributed by atoms with Crippen molar-refractivity contribution in [1.29, 1.82) is 0 Å². The number of anilines is 1. The maximum Gasteiger partial charge on any atom is 0.241 e. The van der Waals surface area contributed by atoms with Gasteiger partial charge in [-0.1, -0.05) is 0 Å². The molecule has 0 bridgehead atoms. The lowest BCUT2D eigenvalue weighted by atomic mass is 10.3. The third-order valence-corrected chi connectivity index (χ3v) is 4.90. The van der Waals surface area contributed by atoms with Crippen LogP contribution < -0.4 is 10.5 Å². The number of halogens is 1. The van der Waals surface area contributed by atoms with Crippen molar-refractivity contribution in [3.63, 3.8) is 0 Å². The summed E-state index contributed by atoms with van der Waals surface area (Å²) in [6, 6.07) is 4.57. The van der Waals surface area contributed by atoms with Gasteiger partial charge in [-0.3, -0.25) is 0 Å². The van der Waals surface area contributed by atoms with Gasteiger partial charge in [0.1, 0.15) is 0 Å². The molecule has 0 saturated heterocycles. The lowest BCUT2D eigenvalue weighted by molar-refractivity contribution is 0.122. The van der Waals surface area contributed by atoms with Gasteiger partial charge in [-0.05, 0) is 48.2 Å². The molecule has 0 radical (unpaired) electrons. The highest BCUT2D eigenvalue weighted by Crippen LogP contribution is 2.23. The Hall–Kier alpha value is -0.670. The first kappa shape index (κ1) is 17.4. The number of nitrogen functional groups attached to an aromatic ring is 1. The number of rotatable bonds is 8. The van der Waals surface area contributed by atoms with Crippen LogP contribution >= 0.6 is 15.9 Å². The van der Waals surface area contributed by atoms with Crippen molar-refractivity contribution in [3.05, 3.63) is 22.7 Å². The van der Waals surface area contributed by atoms with Gasteiger partial charge in [0.05, 0.1) is 18.1 Å². The molecule has 0 amide bonds. The Morgan fingerprint density at radius 3 is 2.65 bits per heavy atom. The van der Waals surface area contributed by atoms with E-state index in [0.29, 0.717) is 23.4 Å². The molecule has 1 aromatic rings. The van der Waals surface area contributed by atoms with Crippen LogP contribution in [-0.2, 0) is 14.8 Å². The van der Waals surface area contributed by atoms with Crippen molar-refractivity contribution in [1.82, 2.24) is 9.62 Å². The Bertz CT molecular complexity index is 535. The fourth-order valence-electron chi connectivity index (χ4n) is 1.41. The molecule has 0 spiro atoms. The highest BCUT2D eigenvalue weighted by molar-refractivity contribution is 9.10. The van der Waals surface area contributed by atoms with Crippen LogP contribution in [0.2, 0.25) is 0 Å². The average Bonchev–Trinajstić information content (AvgIpc) is 2.32. The summed E-state index contributed by atoms with van der Waals surface area (Å²) in [6.45, 7) is 1.93. The average molecular weight is 366 g/mol. The summed E-state index contributed by atoms with van der Waals surface area (Å²) >= 11 is 3.20. The Balaban J connectivity index is 2.46. The molecule has 20 heavy (non-hydrogen) atoms. The maximum atomic E-state index is 12.1. The number of ether oxygens (including phenoxy) is 1. The first-order valence-electron chi connectivity index (χ1n) is 6.10. The summed E-state index contributed by atoms with van der Waals surface area (Å²) in [4.78, 5) is 2.16. The Morgan fingerprint density at radius 1 is 1.35 bits per heavy atom. The van der Waals surface area contributed by atoms with E-state index in [1.807, 2.05) is 19.0 Å². The van der Waals surface area contributed by atoms with Gasteiger partial charge in [-0.25, -0.2) is 13.1 Å². The molecule has 0 heterocycles. The molecule has 8 heteroatoms. The summed E-state index contributed by atoms with van der Waals surface area (Å²) in [7, 11) is 0.344. The summed E-state index contributed by atoms with van der Waals surface area (Å²) in [5, 5.41) is 0. The summed E-state index contributed by atoms with van der Waals surface area (Å²) in [5.41, 5.74) is 6.08. The molecule has 0 fully saturated rings. The molecular weight excluding hydrogens is 346 g/mol. The molecule has 0 saturated carbocycles. The van der Waals surface area contributed by atoms with E-state index in [0.717, 1.165) is 6.54 Å². The van der Waals surface area contributed by atoms with E-state index in [4.69, 9.17) is 10.5 Å². The lowest BCUT2D eigenvalue weighted by Gasteiger charge is -2.11. The zero-order valence-electron chi connectivity index (χ0n) is 11.6. The van der Waals surface area contributed by atoms with Gasteiger partial charge in [-0.2, -0.15) is 0 Å². The number of hydrogen-bond acceptors (Lipinski definition) is 5. The number of benzene rings is 1. The second-order valence-corrected chi connectivity index (χ2v) is 7.09. The fourth-order valence-corrected chi connectivity index (χ4v) is 3.52. The number of nitrogens with zero attached hydrogens (tertiary/aromatic N) is 1. The van der Waals surface area contributed by atoms with Gasteiger partial charge in [0, 0.05) is 23.2 Å². The van der Waals surface area contributed by atoms with Crippen molar-refractivity contribution in [2.24, 2.45) is 0 Å². The SMILES string of the molecule is CN(C)CCOCCNS(=O)(=O)c1ccc(N)cc1Br. The first-order chi connectivity index (χ1) is 9.33. The molecule has 0 aliphatic rings. The minimum Gasteiger partial charge on any atom is -0.399 e. The summed E-state index contributed by atoms with van der Waals surface area (Å²) < 4.78 is 32.4. The number of nitrogens with one attached hydrogen (secondary N) is 1. The van der Waals surface area contributed by atoms with Gasteiger partial charge < -0.3 is 15.4 Å². The minimum atomic E-state index is -3.55. The largest absolute Gasteiger partial charge is 0.399 e. The van der Waals surface area contributed by atoms with Gasteiger partial charge >= 0.3 is 0 Å². The van der Waals surface area contributed by atoms with E-state index >= 15 is 0 Å². The molecule has 6 nitrogen and oxygen atoms in total. The molecule has 0 unspecified atom stereocenters. The smallest absolute Gasteiger partial charge is 0.241 e. The molecule has 0 aliphatic heterocycles. The molecule has 0 aromatic heterocycles. The second kappa shape index (κ2) is 7.94. The third-order valence-electron chi connectivity index (χ3n) is 2.47. The van der Waals surface area contributed by atoms with Crippen LogP contribution in [0.15, 0.2) is 27.6 Å². The Labute approximate surface area is 128 Å². The van der Waals surface area contributed by atoms with Gasteiger partial charge in [0.25, 0.3) is 0 Å². The van der Waals surface area contributed by atoms with Crippen LogP contribution in [0.1, 0.15) is 0 Å². The van der Waals surface area contributed by atoms with Crippen LogP contribution in [0, 0.1) is 0 Å². The van der Waals surface area contributed by atoms with Crippen LogP contribution in [0.3, 0.4) is 0 Å². The standard InChI is InChI=1S/C12H20BrN3O3S/c1-16(2)6-8-19-7-5-15-20(17,18)12-4-3-10(14)9-11(12)13/h3-4,9,15H,5-8,14H2,1-2H3. The minimum absolute atomic E-state index is 0.167. The zero-order valence-corrected chi connectivity index (χ0v) is 14.0. The van der Waals surface area contributed by atoms with E-state index in [-0.39, 0.29) is 11.4 Å². The van der Waals surface area contributed by atoms with Crippen molar-refractivity contribution >= 4 is 31.6 Å². The first-order valence-corrected chi connectivity index (χ1v) is 8.37. The number of likely N-dealkylation sites (N-methyl/N-ethyl adjacent to an activating group) is 1. The van der Waals surface area contributed by atoms with Gasteiger partial charge in [0.2, 0.25) is 10.0 Å². The van der Waals surface area contributed by atoms with Crippen LogP contribution in [0.4, 0.5) is 5.69 Å². The third kappa shape index (κ3) is 5.76. The van der Waals surface area contributed by atoms with Crippen LogP contribution in [0.5, 0.6) is 0 Å². The van der Waals surface area contributed by atoms with E-state index in [9.17, 15) is 8.42 Å². The molecule has 1 aromatic carbocycles. The van der Waals surface area contributed by atoms with E-state index < -0.39 is 10.0 Å². The molecule has 1 rings (SSSR count). The molecule has 114 valence electrons. The number of nitrogens with two attached hydrogens (primary N) is 1. The van der Waals surface area contributed by atoms with E-state index in [1.54, 1.807) is 12.1 Å². The molecule has 3 N–H and O–H groups in total. The quantitative estimate of drug-likeness (QED) is 0.527. The van der Waals surface area contributed by atoms with Gasteiger partial charge in [0.15, 0.2) is 0 Å². The van der Waals surface area contributed by atoms with E-state index in [2.05, 4.69) is 20.7 Å². The maximum absolute atomic E-state index is 12.1.